The van der Waals surface area contributed by atoms with Crippen LogP contribution in [0.5, 0.6) is 5.75 Å². The molecular weight excluding hydrogens is 300 g/mol. The van der Waals surface area contributed by atoms with Crippen LogP contribution in [0, 0.1) is 20.8 Å². The number of aliphatic hydroxyl groups is 1. The van der Waals surface area contributed by atoms with E-state index in [1.165, 1.54) is 11.3 Å². The quantitative estimate of drug-likeness (QED) is 0.858. The van der Waals surface area contributed by atoms with Crippen LogP contribution in [0.4, 0.5) is 5.13 Å². The van der Waals surface area contributed by atoms with Crippen molar-refractivity contribution in [2.45, 2.75) is 27.2 Å². The Hall–Kier alpha value is -1.92. The molecule has 118 valence electrons. The van der Waals surface area contributed by atoms with Gasteiger partial charge in [-0.05, 0) is 44.0 Å². The molecule has 2 rings (SSSR count). The first-order chi connectivity index (χ1) is 10.5. The number of aliphatic hydroxyl groups excluding tert-OH is 1. The summed E-state index contributed by atoms with van der Waals surface area (Å²) in [5.74, 6) is 0.437. The Labute approximate surface area is 134 Å². The van der Waals surface area contributed by atoms with Crippen molar-refractivity contribution in [3.63, 3.8) is 0 Å². The molecule has 2 aromatic rings. The highest BCUT2D eigenvalue weighted by Crippen LogP contribution is 2.23. The van der Waals surface area contributed by atoms with Crippen LogP contribution in [-0.2, 0) is 11.2 Å². The van der Waals surface area contributed by atoms with Crippen LogP contribution in [0.1, 0.15) is 21.7 Å². The van der Waals surface area contributed by atoms with Crippen LogP contribution in [0.15, 0.2) is 18.2 Å². The molecule has 0 aliphatic heterocycles. The molecule has 0 bridgehead atoms. The zero-order valence-electron chi connectivity index (χ0n) is 13.0. The number of aryl methyl sites for hydroxylation is 3. The number of hydrogen-bond acceptors (Lipinski definition) is 5. The van der Waals surface area contributed by atoms with Crippen molar-refractivity contribution in [1.82, 2.24) is 4.98 Å². The van der Waals surface area contributed by atoms with E-state index in [4.69, 9.17) is 9.84 Å². The number of anilines is 1. The maximum atomic E-state index is 11.9. The third-order valence-electron chi connectivity index (χ3n) is 3.04. The van der Waals surface area contributed by atoms with Gasteiger partial charge in [0.1, 0.15) is 5.75 Å². The number of rotatable bonds is 6. The minimum atomic E-state index is -0.247. The zero-order chi connectivity index (χ0) is 16.1. The predicted molar refractivity (Wildman–Crippen MR) is 87.7 cm³/mol. The van der Waals surface area contributed by atoms with Gasteiger partial charge in [-0.1, -0.05) is 6.07 Å². The van der Waals surface area contributed by atoms with Crippen LogP contribution in [0.25, 0.3) is 0 Å². The fraction of sp³-hybridized carbons (Fsp3) is 0.375. The Bertz CT molecular complexity index is 647. The first-order valence-electron chi connectivity index (χ1n) is 7.06. The summed E-state index contributed by atoms with van der Waals surface area (Å²) in [6.07, 6.45) is 0.554. The Balaban J connectivity index is 1.91. The number of amides is 1. The molecule has 1 heterocycles. The SMILES string of the molecule is Cc1cc(C)cc(OCC(=O)Nc2nc(C)c(CCO)s2)c1. The molecule has 0 fully saturated rings. The number of thiazole rings is 1. The van der Waals surface area contributed by atoms with Gasteiger partial charge < -0.3 is 9.84 Å². The number of carbonyl (C=O) groups excluding carboxylic acids is 1. The fourth-order valence-electron chi connectivity index (χ4n) is 2.14. The summed E-state index contributed by atoms with van der Waals surface area (Å²) in [6, 6.07) is 5.84. The van der Waals surface area contributed by atoms with Crippen LogP contribution in [-0.4, -0.2) is 29.2 Å². The minimum Gasteiger partial charge on any atom is -0.484 e. The third kappa shape index (κ3) is 4.54. The standard InChI is InChI=1S/C16H20N2O3S/c1-10-6-11(2)8-13(7-10)21-9-15(20)18-16-17-12(3)14(22-16)4-5-19/h6-8,19H,4-5,9H2,1-3H3,(H,17,18,20). The monoisotopic (exact) mass is 320 g/mol. The molecule has 1 aromatic heterocycles. The zero-order valence-corrected chi connectivity index (χ0v) is 13.8. The van der Waals surface area contributed by atoms with Gasteiger partial charge in [-0.15, -0.1) is 11.3 Å². The summed E-state index contributed by atoms with van der Waals surface area (Å²) >= 11 is 1.38. The molecule has 1 amide bonds. The topological polar surface area (TPSA) is 71.5 Å². The summed E-state index contributed by atoms with van der Waals surface area (Å²) in [7, 11) is 0. The molecule has 0 saturated carbocycles. The summed E-state index contributed by atoms with van der Waals surface area (Å²) in [6.45, 7) is 5.86. The highest BCUT2D eigenvalue weighted by molar-refractivity contribution is 7.15. The Morgan fingerprint density at radius 1 is 1.27 bits per heavy atom. The largest absolute Gasteiger partial charge is 0.484 e. The lowest BCUT2D eigenvalue weighted by Crippen LogP contribution is -2.20. The van der Waals surface area contributed by atoms with E-state index in [1.54, 1.807) is 0 Å². The van der Waals surface area contributed by atoms with Crippen molar-refractivity contribution in [1.29, 1.82) is 0 Å². The van der Waals surface area contributed by atoms with Gasteiger partial charge >= 0.3 is 0 Å². The molecule has 22 heavy (non-hydrogen) atoms. The number of aromatic nitrogens is 1. The summed E-state index contributed by atoms with van der Waals surface area (Å²) in [4.78, 5) is 17.2. The van der Waals surface area contributed by atoms with E-state index in [2.05, 4.69) is 10.3 Å². The molecule has 0 aliphatic rings. The molecule has 0 atom stereocenters. The van der Waals surface area contributed by atoms with Gasteiger partial charge in [0.05, 0.1) is 5.69 Å². The summed E-state index contributed by atoms with van der Waals surface area (Å²) in [5.41, 5.74) is 3.03. The third-order valence-corrected chi connectivity index (χ3v) is 4.18. The van der Waals surface area contributed by atoms with Crippen molar-refractivity contribution >= 4 is 22.4 Å². The Morgan fingerprint density at radius 2 is 1.95 bits per heavy atom. The predicted octanol–water partition coefficient (Wildman–Crippen LogP) is 2.62. The normalized spacial score (nSPS) is 10.5. The molecule has 0 saturated heterocycles. The molecule has 5 nitrogen and oxygen atoms in total. The molecule has 0 radical (unpaired) electrons. The summed E-state index contributed by atoms with van der Waals surface area (Å²) in [5, 5.41) is 12.2. The lowest BCUT2D eigenvalue weighted by Gasteiger charge is -2.07. The van der Waals surface area contributed by atoms with E-state index >= 15 is 0 Å². The molecule has 0 aliphatic carbocycles. The van der Waals surface area contributed by atoms with Gasteiger partial charge in [0.2, 0.25) is 0 Å². The maximum Gasteiger partial charge on any atom is 0.264 e. The number of carbonyl (C=O) groups is 1. The highest BCUT2D eigenvalue weighted by atomic mass is 32.1. The van der Waals surface area contributed by atoms with Gasteiger partial charge in [-0.2, -0.15) is 0 Å². The van der Waals surface area contributed by atoms with E-state index in [9.17, 15) is 4.79 Å². The molecule has 0 unspecified atom stereocenters. The smallest absolute Gasteiger partial charge is 0.264 e. The molecule has 1 aromatic carbocycles. The summed E-state index contributed by atoms with van der Waals surface area (Å²) < 4.78 is 5.51. The second-order valence-electron chi connectivity index (χ2n) is 5.16. The van der Waals surface area contributed by atoms with Gasteiger partial charge in [0.15, 0.2) is 11.7 Å². The van der Waals surface area contributed by atoms with Crippen LogP contribution >= 0.6 is 11.3 Å². The molecule has 2 N–H and O–H groups in total. The van der Waals surface area contributed by atoms with Crippen molar-refractivity contribution in [2.24, 2.45) is 0 Å². The van der Waals surface area contributed by atoms with Gasteiger partial charge in [0.25, 0.3) is 5.91 Å². The van der Waals surface area contributed by atoms with Crippen molar-refractivity contribution in [3.8, 4) is 5.75 Å². The average Bonchev–Trinajstić information content (AvgIpc) is 2.76. The van der Waals surface area contributed by atoms with Crippen molar-refractivity contribution in [2.75, 3.05) is 18.5 Å². The Kier molecular flexibility index (Phi) is 5.51. The number of ether oxygens (including phenoxy) is 1. The van der Waals surface area contributed by atoms with Gasteiger partial charge in [-0.3, -0.25) is 10.1 Å². The van der Waals surface area contributed by atoms with Crippen molar-refractivity contribution in [3.05, 3.63) is 39.9 Å². The van der Waals surface area contributed by atoms with E-state index in [-0.39, 0.29) is 19.1 Å². The number of hydrogen-bond donors (Lipinski definition) is 2. The first kappa shape index (κ1) is 16.5. The second kappa shape index (κ2) is 7.38. The van der Waals surface area contributed by atoms with E-state index < -0.39 is 0 Å². The second-order valence-corrected chi connectivity index (χ2v) is 6.25. The van der Waals surface area contributed by atoms with Crippen molar-refractivity contribution < 1.29 is 14.6 Å². The number of nitrogens with zero attached hydrogens (tertiary/aromatic N) is 1. The fourth-order valence-corrected chi connectivity index (χ4v) is 3.10. The van der Waals surface area contributed by atoms with E-state index in [1.807, 2.05) is 39.0 Å². The van der Waals surface area contributed by atoms with Gasteiger partial charge in [-0.25, -0.2) is 4.98 Å². The van der Waals surface area contributed by atoms with E-state index in [0.29, 0.717) is 17.3 Å². The lowest BCUT2D eigenvalue weighted by atomic mass is 10.1. The first-order valence-corrected chi connectivity index (χ1v) is 7.87. The molecule has 0 spiro atoms. The Morgan fingerprint density at radius 3 is 2.59 bits per heavy atom. The van der Waals surface area contributed by atoms with Crippen LogP contribution in [0.3, 0.4) is 0 Å². The molecular formula is C16H20N2O3S. The maximum absolute atomic E-state index is 11.9. The van der Waals surface area contributed by atoms with E-state index in [0.717, 1.165) is 21.7 Å². The molecule has 6 heteroatoms. The minimum absolute atomic E-state index is 0.0587. The number of benzene rings is 1. The highest BCUT2D eigenvalue weighted by Gasteiger charge is 2.10. The van der Waals surface area contributed by atoms with Gasteiger partial charge in [0, 0.05) is 17.9 Å². The number of nitrogens with one attached hydrogen (secondary N) is 1. The lowest BCUT2D eigenvalue weighted by molar-refractivity contribution is -0.118. The average molecular weight is 320 g/mol. The van der Waals surface area contributed by atoms with Crippen LogP contribution < -0.4 is 10.1 Å². The van der Waals surface area contributed by atoms with Crippen LogP contribution in [0.2, 0.25) is 0 Å².